The third-order valence-electron chi connectivity index (χ3n) is 7.88. The van der Waals surface area contributed by atoms with Crippen LogP contribution in [-0.2, 0) is 11.2 Å². The Morgan fingerprint density at radius 2 is 1.67 bits per heavy atom. The van der Waals surface area contributed by atoms with Gasteiger partial charge in [0, 0.05) is 55.2 Å². The number of piperazine rings is 1. The lowest BCUT2D eigenvalue weighted by Gasteiger charge is -2.36. The molecule has 7 nitrogen and oxygen atoms in total. The molecule has 2 N–H and O–H groups in total. The van der Waals surface area contributed by atoms with E-state index in [0.717, 1.165) is 42.6 Å². The van der Waals surface area contributed by atoms with E-state index in [-0.39, 0.29) is 48.2 Å². The summed E-state index contributed by atoms with van der Waals surface area (Å²) in [5.74, 6) is -5.58. The number of nitrogens with one attached hydrogen (secondary N) is 2. The van der Waals surface area contributed by atoms with Crippen LogP contribution in [0.3, 0.4) is 0 Å². The molecule has 2 atom stereocenters. The molecule has 2 amide bonds. The van der Waals surface area contributed by atoms with Crippen LogP contribution >= 0.6 is 0 Å². The van der Waals surface area contributed by atoms with E-state index in [4.69, 9.17) is 0 Å². The summed E-state index contributed by atoms with van der Waals surface area (Å²) in [6.07, 6.45) is -2.80. The lowest BCUT2D eigenvalue weighted by molar-refractivity contribution is -0.274. The predicted octanol–water partition coefficient (Wildman–Crippen LogP) is 6.74. The van der Waals surface area contributed by atoms with Crippen LogP contribution in [-0.4, -0.2) is 53.7 Å². The van der Waals surface area contributed by atoms with E-state index in [9.17, 15) is 35.9 Å². The number of halogens is 7. The zero-order valence-electron chi connectivity index (χ0n) is 25.2. The Labute approximate surface area is 270 Å². The molecule has 48 heavy (non-hydrogen) atoms. The van der Waals surface area contributed by atoms with Gasteiger partial charge in [0.1, 0.15) is 29.0 Å². The average molecular weight is 675 g/mol. The molecule has 1 aromatic heterocycles. The fourth-order valence-electron chi connectivity index (χ4n) is 5.70. The number of amides is 2. The Balaban J connectivity index is 1.32. The number of carbonyl (C=O) groups excluding carboxylic acids is 2. The molecule has 1 aliphatic rings. The monoisotopic (exact) mass is 674 g/mol. The molecule has 0 bridgehead atoms. The van der Waals surface area contributed by atoms with Crippen molar-refractivity contribution in [3.63, 3.8) is 0 Å². The molecule has 4 aromatic rings. The largest absolute Gasteiger partial charge is 0.573 e. The van der Waals surface area contributed by atoms with Crippen molar-refractivity contribution in [2.45, 2.75) is 37.6 Å². The number of hydrogen-bond donors (Lipinski definition) is 2. The van der Waals surface area contributed by atoms with Gasteiger partial charge in [0.25, 0.3) is 5.91 Å². The van der Waals surface area contributed by atoms with Gasteiger partial charge >= 0.3 is 6.36 Å². The van der Waals surface area contributed by atoms with Gasteiger partial charge in [-0.2, -0.15) is 0 Å². The number of hydrogen-bond acceptors (Lipinski definition) is 5. The average Bonchev–Trinajstić information content (AvgIpc) is 3.02. The summed E-state index contributed by atoms with van der Waals surface area (Å²) in [6, 6.07) is 12.2. The van der Waals surface area contributed by atoms with Gasteiger partial charge in [-0.15, -0.1) is 13.2 Å². The molecule has 0 saturated carbocycles. The summed E-state index contributed by atoms with van der Waals surface area (Å²) in [7, 11) is 0. The topological polar surface area (TPSA) is 83.6 Å². The standard InChI is InChI=1S/C34H29F7N4O3/c35-23-6-4-20(5-7-23)29(22-12-24(36)15-25(37)13-22)16-32(46)44-31-19-43-18-30(38)28(31)9-8-26-17-42-10-11-45(26)33(47)21-2-1-3-27(14-21)48-34(39,40)41/h1-7,12-15,18-19,26,29,42H,8-11,16-17H2,(H,44,46)/t26-,29-/m0/s1. The smallest absolute Gasteiger partial charge is 0.406 e. The first-order valence-corrected chi connectivity index (χ1v) is 14.9. The number of ether oxygens (including phenoxy) is 1. The fraction of sp³-hybridized carbons (Fsp3) is 0.265. The van der Waals surface area contributed by atoms with Crippen molar-refractivity contribution in [3.8, 4) is 5.75 Å². The van der Waals surface area contributed by atoms with Crippen molar-refractivity contribution in [1.29, 1.82) is 0 Å². The predicted molar refractivity (Wildman–Crippen MR) is 161 cm³/mol. The fourth-order valence-corrected chi connectivity index (χ4v) is 5.70. The summed E-state index contributed by atoms with van der Waals surface area (Å²) in [5, 5.41) is 5.78. The summed E-state index contributed by atoms with van der Waals surface area (Å²) in [5.41, 5.74) is 0.672. The quantitative estimate of drug-likeness (QED) is 0.182. The van der Waals surface area contributed by atoms with Crippen LogP contribution in [0.4, 0.5) is 36.4 Å². The summed E-state index contributed by atoms with van der Waals surface area (Å²) < 4.78 is 99.1. The lowest BCUT2D eigenvalue weighted by atomic mass is 9.88. The molecule has 0 spiro atoms. The molecule has 1 fully saturated rings. The normalized spacial score (nSPS) is 15.6. The van der Waals surface area contributed by atoms with Gasteiger partial charge in [-0.05, 0) is 66.4 Å². The maximum atomic E-state index is 15.1. The first-order valence-electron chi connectivity index (χ1n) is 14.9. The zero-order chi connectivity index (χ0) is 34.4. The number of aromatic nitrogens is 1. The first kappa shape index (κ1) is 34.4. The van der Waals surface area contributed by atoms with Crippen LogP contribution in [0.1, 0.15) is 45.8 Å². The highest BCUT2D eigenvalue weighted by atomic mass is 19.4. The van der Waals surface area contributed by atoms with E-state index < -0.39 is 59.2 Å². The van der Waals surface area contributed by atoms with Crippen molar-refractivity contribution in [2.24, 2.45) is 0 Å². The Kier molecular flexibility index (Phi) is 10.6. The van der Waals surface area contributed by atoms with Gasteiger partial charge in [0.2, 0.25) is 5.91 Å². The minimum Gasteiger partial charge on any atom is -0.406 e. The Morgan fingerprint density at radius 1 is 0.938 bits per heavy atom. The maximum absolute atomic E-state index is 15.1. The minimum atomic E-state index is -4.93. The molecule has 1 saturated heterocycles. The van der Waals surface area contributed by atoms with Gasteiger partial charge in [-0.1, -0.05) is 18.2 Å². The number of pyridine rings is 1. The summed E-state index contributed by atoms with van der Waals surface area (Å²) in [6.45, 7) is 0.987. The Morgan fingerprint density at radius 3 is 2.38 bits per heavy atom. The van der Waals surface area contributed by atoms with Crippen molar-refractivity contribution in [2.75, 3.05) is 25.0 Å². The Hall–Kier alpha value is -4.98. The summed E-state index contributed by atoms with van der Waals surface area (Å²) >= 11 is 0. The summed E-state index contributed by atoms with van der Waals surface area (Å²) in [4.78, 5) is 32.0. The third kappa shape index (κ3) is 8.88. The highest BCUT2D eigenvalue weighted by Crippen LogP contribution is 2.31. The molecule has 5 rings (SSSR count). The Bertz CT molecular complexity index is 1750. The van der Waals surface area contributed by atoms with Gasteiger partial charge in [-0.25, -0.2) is 17.6 Å². The highest BCUT2D eigenvalue weighted by Gasteiger charge is 2.32. The molecule has 0 unspecified atom stereocenters. The van der Waals surface area contributed by atoms with Gasteiger partial charge in [0.05, 0.1) is 18.1 Å². The second-order valence-electron chi connectivity index (χ2n) is 11.2. The number of nitrogens with zero attached hydrogens (tertiary/aromatic N) is 2. The van der Waals surface area contributed by atoms with E-state index in [2.05, 4.69) is 20.4 Å². The van der Waals surface area contributed by atoms with Gasteiger partial charge in [-0.3, -0.25) is 14.6 Å². The van der Waals surface area contributed by atoms with E-state index in [0.29, 0.717) is 24.7 Å². The van der Waals surface area contributed by atoms with Crippen LogP contribution in [0.5, 0.6) is 5.75 Å². The number of rotatable bonds is 10. The highest BCUT2D eigenvalue weighted by molar-refractivity contribution is 5.95. The number of benzene rings is 3. The molecule has 0 radical (unpaired) electrons. The zero-order valence-corrected chi connectivity index (χ0v) is 25.2. The van der Waals surface area contributed by atoms with Crippen molar-refractivity contribution < 1.29 is 45.1 Å². The number of alkyl halides is 3. The van der Waals surface area contributed by atoms with E-state index in [1.807, 2.05) is 0 Å². The maximum Gasteiger partial charge on any atom is 0.573 e. The van der Waals surface area contributed by atoms with Crippen LogP contribution < -0.4 is 15.4 Å². The van der Waals surface area contributed by atoms with Crippen LogP contribution in [0.2, 0.25) is 0 Å². The van der Waals surface area contributed by atoms with Crippen LogP contribution in [0.15, 0.2) is 79.1 Å². The molecule has 3 aromatic carbocycles. The molecule has 252 valence electrons. The molecule has 14 heteroatoms. The van der Waals surface area contributed by atoms with E-state index in [1.165, 1.54) is 35.4 Å². The number of carbonyl (C=O) groups is 2. The molecule has 1 aliphatic heterocycles. The molecule has 0 aliphatic carbocycles. The second-order valence-corrected chi connectivity index (χ2v) is 11.2. The van der Waals surface area contributed by atoms with E-state index >= 15 is 4.39 Å². The number of anilines is 1. The van der Waals surface area contributed by atoms with Crippen molar-refractivity contribution in [1.82, 2.24) is 15.2 Å². The van der Waals surface area contributed by atoms with Crippen LogP contribution in [0, 0.1) is 23.3 Å². The van der Waals surface area contributed by atoms with Crippen LogP contribution in [0.25, 0.3) is 0 Å². The van der Waals surface area contributed by atoms with Gasteiger partial charge in [0.15, 0.2) is 0 Å². The van der Waals surface area contributed by atoms with E-state index in [1.54, 1.807) is 0 Å². The SMILES string of the molecule is O=C(C[C@@H](c1ccc(F)cc1)c1cc(F)cc(F)c1)Nc1cncc(F)c1CC[C@H]1CNCCN1C(=O)c1cccc(OC(F)(F)F)c1. The van der Waals surface area contributed by atoms with Gasteiger partial charge < -0.3 is 20.3 Å². The van der Waals surface area contributed by atoms with Crippen molar-refractivity contribution >= 4 is 17.5 Å². The molecular formula is C34H29F7N4O3. The third-order valence-corrected chi connectivity index (χ3v) is 7.88. The molecular weight excluding hydrogens is 645 g/mol. The lowest BCUT2D eigenvalue weighted by Crippen LogP contribution is -2.53. The van der Waals surface area contributed by atoms with Crippen molar-refractivity contribution in [3.05, 3.63) is 125 Å². The second kappa shape index (κ2) is 14.8. The first-order chi connectivity index (χ1) is 22.9. The molecule has 2 heterocycles. The minimum absolute atomic E-state index is 0.0134.